The number of fused-ring (bicyclic) bond motifs is 1. The molecule has 0 bridgehead atoms. The molecule has 24 heavy (non-hydrogen) atoms. The second kappa shape index (κ2) is 7.31. The number of carbonyl (C=O) groups is 2. The molecule has 122 valence electrons. The van der Waals surface area contributed by atoms with Gasteiger partial charge in [0.15, 0.2) is 0 Å². The summed E-state index contributed by atoms with van der Waals surface area (Å²) in [6.07, 6.45) is 1.69. The number of carbonyl (C=O) groups excluding carboxylic acids is 2. The zero-order valence-electron chi connectivity index (χ0n) is 12.8. The van der Waals surface area contributed by atoms with Gasteiger partial charge in [0, 0.05) is 34.7 Å². The van der Waals surface area contributed by atoms with Crippen LogP contribution in [-0.4, -0.2) is 29.9 Å². The summed E-state index contributed by atoms with van der Waals surface area (Å²) in [5.74, 6) is -0.341. The van der Waals surface area contributed by atoms with Crippen LogP contribution in [0.1, 0.15) is 20.7 Å². The lowest BCUT2D eigenvalue weighted by Crippen LogP contribution is -2.34. The van der Waals surface area contributed by atoms with Crippen molar-refractivity contribution in [2.75, 3.05) is 13.1 Å². The minimum Gasteiger partial charge on any atom is -0.360 e. The summed E-state index contributed by atoms with van der Waals surface area (Å²) >= 11 is 3.34. The van der Waals surface area contributed by atoms with Crippen molar-refractivity contribution in [2.24, 2.45) is 0 Å². The van der Waals surface area contributed by atoms with E-state index in [4.69, 9.17) is 0 Å². The third-order valence-electron chi connectivity index (χ3n) is 3.65. The SMILES string of the molecule is O=C(NCCNC(=O)c1c[nH]c2ccccc12)c1ccccc1Br. The van der Waals surface area contributed by atoms with Crippen molar-refractivity contribution in [1.29, 1.82) is 0 Å². The third kappa shape index (κ3) is 3.49. The van der Waals surface area contributed by atoms with Gasteiger partial charge in [-0.1, -0.05) is 30.3 Å². The fourth-order valence-electron chi connectivity index (χ4n) is 2.45. The van der Waals surface area contributed by atoms with Crippen molar-refractivity contribution < 1.29 is 9.59 Å². The maximum atomic E-state index is 12.2. The van der Waals surface area contributed by atoms with E-state index in [-0.39, 0.29) is 11.8 Å². The van der Waals surface area contributed by atoms with Crippen LogP contribution < -0.4 is 10.6 Å². The van der Waals surface area contributed by atoms with Gasteiger partial charge in [0.25, 0.3) is 11.8 Å². The Bertz CT molecular complexity index is 889. The number of H-pyrrole nitrogens is 1. The molecule has 0 saturated carbocycles. The molecule has 0 atom stereocenters. The first-order valence-corrected chi connectivity index (χ1v) is 8.33. The Morgan fingerprint density at radius 3 is 2.25 bits per heavy atom. The predicted molar refractivity (Wildman–Crippen MR) is 97.1 cm³/mol. The number of aromatic nitrogens is 1. The molecule has 5 nitrogen and oxygen atoms in total. The number of aromatic amines is 1. The van der Waals surface area contributed by atoms with Crippen LogP contribution in [-0.2, 0) is 0 Å². The van der Waals surface area contributed by atoms with Crippen molar-refractivity contribution in [3.8, 4) is 0 Å². The van der Waals surface area contributed by atoms with Gasteiger partial charge in [-0.15, -0.1) is 0 Å². The highest BCUT2D eigenvalue weighted by Gasteiger charge is 2.12. The number of hydrogen-bond donors (Lipinski definition) is 3. The summed E-state index contributed by atoms with van der Waals surface area (Å²) in [5.41, 5.74) is 2.09. The lowest BCUT2D eigenvalue weighted by atomic mass is 10.1. The topological polar surface area (TPSA) is 74.0 Å². The van der Waals surface area contributed by atoms with E-state index in [1.54, 1.807) is 18.3 Å². The van der Waals surface area contributed by atoms with Crippen molar-refractivity contribution in [3.05, 3.63) is 70.3 Å². The first-order valence-electron chi connectivity index (χ1n) is 7.54. The van der Waals surface area contributed by atoms with Crippen LogP contribution in [0.2, 0.25) is 0 Å². The van der Waals surface area contributed by atoms with Crippen LogP contribution in [0.15, 0.2) is 59.2 Å². The van der Waals surface area contributed by atoms with Crippen LogP contribution in [0.4, 0.5) is 0 Å². The quantitative estimate of drug-likeness (QED) is 0.590. The van der Waals surface area contributed by atoms with Gasteiger partial charge in [0.1, 0.15) is 0 Å². The Hall–Kier alpha value is -2.60. The third-order valence-corrected chi connectivity index (χ3v) is 4.34. The van der Waals surface area contributed by atoms with Crippen molar-refractivity contribution in [2.45, 2.75) is 0 Å². The minimum absolute atomic E-state index is 0.164. The first kappa shape index (κ1) is 16.3. The molecule has 0 radical (unpaired) electrons. The predicted octanol–water partition coefficient (Wildman–Crippen LogP) is 3.09. The van der Waals surface area contributed by atoms with E-state index in [9.17, 15) is 9.59 Å². The van der Waals surface area contributed by atoms with Gasteiger partial charge in [0.05, 0.1) is 11.1 Å². The van der Waals surface area contributed by atoms with Gasteiger partial charge >= 0.3 is 0 Å². The summed E-state index contributed by atoms with van der Waals surface area (Å²) < 4.78 is 0.741. The van der Waals surface area contributed by atoms with E-state index in [1.165, 1.54) is 0 Å². The molecule has 3 aromatic rings. The van der Waals surface area contributed by atoms with Crippen LogP contribution >= 0.6 is 15.9 Å². The van der Waals surface area contributed by atoms with E-state index in [1.807, 2.05) is 36.4 Å². The van der Waals surface area contributed by atoms with Gasteiger partial charge in [-0.3, -0.25) is 9.59 Å². The molecule has 0 aliphatic rings. The molecule has 1 aromatic heterocycles. The summed E-state index contributed by atoms with van der Waals surface area (Å²) in [7, 11) is 0. The van der Waals surface area contributed by atoms with Gasteiger partial charge in [0.2, 0.25) is 0 Å². The smallest absolute Gasteiger partial charge is 0.253 e. The molecule has 0 unspecified atom stereocenters. The van der Waals surface area contributed by atoms with Gasteiger partial charge in [-0.05, 0) is 34.1 Å². The molecule has 3 N–H and O–H groups in total. The van der Waals surface area contributed by atoms with E-state index >= 15 is 0 Å². The van der Waals surface area contributed by atoms with Crippen LogP contribution in [0, 0.1) is 0 Å². The first-order chi connectivity index (χ1) is 11.7. The summed E-state index contributed by atoms with van der Waals surface area (Å²) in [5, 5.41) is 6.48. The maximum Gasteiger partial charge on any atom is 0.253 e. The van der Waals surface area contributed by atoms with Crippen molar-refractivity contribution >= 4 is 38.6 Å². The fourth-order valence-corrected chi connectivity index (χ4v) is 2.91. The number of para-hydroxylation sites is 1. The average molecular weight is 386 g/mol. The lowest BCUT2D eigenvalue weighted by Gasteiger charge is -2.08. The van der Waals surface area contributed by atoms with Crippen LogP contribution in [0.25, 0.3) is 10.9 Å². The van der Waals surface area contributed by atoms with Gasteiger partial charge in [-0.25, -0.2) is 0 Å². The second-order valence-corrected chi connectivity index (χ2v) is 6.09. The summed E-state index contributed by atoms with van der Waals surface area (Å²) in [4.78, 5) is 27.4. The Kier molecular flexibility index (Phi) is 4.96. The van der Waals surface area contributed by atoms with Crippen LogP contribution in [0.3, 0.4) is 0 Å². The Balaban J connectivity index is 1.52. The van der Waals surface area contributed by atoms with Crippen LogP contribution in [0.5, 0.6) is 0 Å². The number of benzene rings is 2. The summed E-state index contributed by atoms with van der Waals surface area (Å²) in [6.45, 7) is 0.711. The fraction of sp³-hybridized carbons (Fsp3) is 0.111. The molecule has 0 aliphatic heterocycles. The zero-order chi connectivity index (χ0) is 16.9. The second-order valence-electron chi connectivity index (χ2n) is 5.24. The molecule has 0 fully saturated rings. The van der Waals surface area contributed by atoms with E-state index in [0.29, 0.717) is 24.2 Å². The molecule has 0 saturated heterocycles. The Morgan fingerprint density at radius 2 is 1.50 bits per heavy atom. The van der Waals surface area contributed by atoms with Gasteiger partial charge in [-0.2, -0.15) is 0 Å². The highest BCUT2D eigenvalue weighted by Crippen LogP contribution is 2.17. The zero-order valence-corrected chi connectivity index (χ0v) is 14.4. The number of amides is 2. The average Bonchev–Trinajstić information content (AvgIpc) is 3.03. The molecule has 2 aromatic carbocycles. The number of hydrogen-bond acceptors (Lipinski definition) is 2. The van der Waals surface area contributed by atoms with E-state index in [0.717, 1.165) is 15.4 Å². The van der Waals surface area contributed by atoms with Gasteiger partial charge < -0.3 is 15.6 Å². The molecule has 0 aliphatic carbocycles. The molecule has 2 amide bonds. The molecule has 3 rings (SSSR count). The lowest BCUT2D eigenvalue weighted by molar-refractivity contribution is 0.0928. The van der Waals surface area contributed by atoms with Crippen molar-refractivity contribution in [3.63, 3.8) is 0 Å². The highest BCUT2D eigenvalue weighted by atomic mass is 79.9. The molecular formula is C18H16BrN3O2. The summed E-state index contributed by atoms with van der Waals surface area (Å²) in [6, 6.07) is 14.8. The van der Waals surface area contributed by atoms with Crippen molar-refractivity contribution in [1.82, 2.24) is 15.6 Å². The largest absolute Gasteiger partial charge is 0.360 e. The normalized spacial score (nSPS) is 10.5. The number of halogens is 1. The Morgan fingerprint density at radius 1 is 0.875 bits per heavy atom. The minimum atomic E-state index is -0.177. The van der Waals surface area contributed by atoms with E-state index < -0.39 is 0 Å². The molecule has 6 heteroatoms. The number of rotatable bonds is 5. The molecule has 1 heterocycles. The molecular weight excluding hydrogens is 370 g/mol. The number of nitrogens with one attached hydrogen (secondary N) is 3. The Labute approximate surface area is 147 Å². The molecule has 0 spiro atoms. The monoisotopic (exact) mass is 385 g/mol. The standard InChI is InChI=1S/C18H16BrN3O2/c19-15-7-3-1-6-13(15)17(23)20-9-10-21-18(24)14-11-22-16-8-4-2-5-12(14)16/h1-8,11,22H,9-10H2,(H,20,23)(H,21,24). The van der Waals surface area contributed by atoms with E-state index in [2.05, 4.69) is 31.5 Å². The maximum absolute atomic E-state index is 12.2. The highest BCUT2D eigenvalue weighted by molar-refractivity contribution is 9.10.